The molecule has 0 aliphatic heterocycles. The number of aromatic nitrogens is 2. The van der Waals surface area contributed by atoms with Gasteiger partial charge in [-0.2, -0.15) is 0 Å². The monoisotopic (exact) mass is 369 g/mol. The summed E-state index contributed by atoms with van der Waals surface area (Å²) in [5.41, 5.74) is 8.73. The van der Waals surface area contributed by atoms with Crippen LogP contribution in [-0.2, 0) is 19.5 Å². The van der Waals surface area contributed by atoms with E-state index >= 15 is 0 Å². The van der Waals surface area contributed by atoms with Gasteiger partial charge in [-0.05, 0) is 43.5 Å². The van der Waals surface area contributed by atoms with E-state index in [9.17, 15) is 0 Å². The van der Waals surface area contributed by atoms with Gasteiger partial charge in [0.05, 0.1) is 17.6 Å². The molecule has 4 rings (SSSR count). The molecule has 0 bridgehead atoms. The Balaban J connectivity index is 1.74. The summed E-state index contributed by atoms with van der Waals surface area (Å²) in [4.78, 5) is 4.67. The van der Waals surface area contributed by atoms with Gasteiger partial charge in [0.25, 0.3) is 0 Å². The Kier molecular flexibility index (Phi) is 5.16. The summed E-state index contributed by atoms with van der Waals surface area (Å²) in [6.45, 7) is 5.99. The second-order valence-corrected chi connectivity index (χ2v) is 7.47. The second-order valence-electron chi connectivity index (χ2n) is 7.47. The molecule has 3 heteroatoms. The van der Waals surface area contributed by atoms with Crippen molar-refractivity contribution in [3.05, 3.63) is 101 Å². The molecule has 0 fully saturated rings. The third-order valence-electron chi connectivity index (χ3n) is 5.35. The van der Waals surface area contributed by atoms with Crippen LogP contribution in [0.1, 0.15) is 22.3 Å². The molecule has 0 amide bonds. The predicted octanol–water partition coefficient (Wildman–Crippen LogP) is 4.88. The maximum atomic E-state index is 4.67. The first-order valence-electron chi connectivity index (χ1n) is 9.87. The van der Waals surface area contributed by atoms with Crippen molar-refractivity contribution in [1.82, 2.24) is 9.13 Å². The maximum Gasteiger partial charge on any atom is 0.205 e. The highest BCUT2D eigenvalue weighted by Crippen LogP contribution is 2.16. The fourth-order valence-corrected chi connectivity index (χ4v) is 3.77. The van der Waals surface area contributed by atoms with Crippen LogP contribution < -0.4 is 5.62 Å². The molecule has 28 heavy (non-hydrogen) atoms. The summed E-state index contributed by atoms with van der Waals surface area (Å²) < 4.78 is 4.68. The van der Waals surface area contributed by atoms with Gasteiger partial charge >= 0.3 is 0 Å². The lowest BCUT2D eigenvalue weighted by molar-refractivity contribution is 0.629. The highest BCUT2D eigenvalue weighted by molar-refractivity contribution is 5.76. The number of para-hydroxylation sites is 2. The first-order chi connectivity index (χ1) is 13.7. The minimum absolute atomic E-state index is 0.824. The van der Waals surface area contributed by atoms with Crippen LogP contribution in [0, 0.1) is 13.8 Å². The lowest BCUT2D eigenvalue weighted by Gasteiger charge is -2.07. The molecule has 0 N–H and O–H groups in total. The van der Waals surface area contributed by atoms with E-state index in [0.717, 1.165) is 25.1 Å². The summed E-state index contributed by atoms with van der Waals surface area (Å²) in [5.74, 6) is 0. The van der Waals surface area contributed by atoms with Crippen molar-refractivity contribution in [1.29, 1.82) is 0 Å². The van der Waals surface area contributed by atoms with Gasteiger partial charge in [-0.15, -0.1) is 0 Å². The van der Waals surface area contributed by atoms with E-state index in [1.165, 1.54) is 33.3 Å². The van der Waals surface area contributed by atoms with E-state index in [2.05, 4.69) is 101 Å². The molecule has 1 heterocycles. The van der Waals surface area contributed by atoms with Gasteiger partial charge in [0, 0.05) is 13.6 Å². The fourth-order valence-electron chi connectivity index (χ4n) is 3.77. The average Bonchev–Trinajstić information content (AvgIpc) is 3.02. The maximum absolute atomic E-state index is 4.67. The smallest absolute Gasteiger partial charge is 0.205 e. The number of fused-ring (bicyclic) bond motifs is 1. The topological polar surface area (TPSA) is 22.2 Å². The van der Waals surface area contributed by atoms with Gasteiger partial charge in [0.1, 0.15) is 0 Å². The zero-order chi connectivity index (χ0) is 19.5. The van der Waals surface area contributed by atoms with Crippen molar-refractivity contribution in [3.63, 3.8) is 0 Å². The Morgan fingerprint density at radius 2 is 1.21 bits per heavy atom. The molecular formula is C25H27N3. The van der Waals surface area contributed by atoms with Crippen molar-refractivity contribution in [2.45, 2.75) is 33.4 Å². The van der Waals surface area contributed by atoms with Crippen molar-refractivity contribution < 1.29 is 0 Å². The van der Waals surface area contributed by atoms with Gasteiger partial charge in [0.2, 0.25) is 5.62 Å². The molecule has 3 aromatic carbocycles. The Morgan fingerprint density at radius 1 is 0.679 bits per heavy atom. The van der Waals surface area contributed by atoms with Gasteiger partial charge in [-0.3, -0.25) is 4.99 Å². The van der Waals surface area contributed by atoms with Crippen LogP contribution in [0.2, 0.25) is 0 Å². The number of nitrogens with zero attached hydrogens (tertiary/aromatic N) is 3. The number of aryl methyl sites for hydroxylation is 4. The number of hydrogen-bond acceptors (Lipinski definition) is 1. The number of hydrogen-bond donors (Lipinski definition) is 0. The standard InChI is InChI=1S/C25H27N3/c1-19-8-12-21(13-9-19)16-17-27-23-6-4-5-7-24(23)28(25(27)26-3)18-22-14-10-20(2)11-15-22/h4-15H,16-18H2,1-3H3/b26-25+. The quantitative estimate of drug-likeness (QED) is 0.478. The predicted molar refractivity (Wildman–Crippen MR) is 117 cm³/mol. The van der Waals surface area contributed by atoms with Crippen LogP contribution in [0.15, 0.2) is 77.8 Å². The van der Waals surface area contributed by atoms with Crippen LogP contribution >= 0.6 is 0 Å². The summed E-state index contributed by atoms with van der Waals surface area (Å²) >= 11 is 0. The second kappa shape index (κ2) is 7.89. The summed E-state index contributed by atoms with van der Waals surface area (Å²) in [5, 5.41) is 0. The number of imidazole rings is 1. The summed E-state index contributed by atoms with van der Waals surface area (Å²) in [6, 6.07) is 26.2. The first kappa shape index (κ1) is 18.3. The van der Waals surface area contributed by atoms with Crippen LogP contribution in [0.5, 0.6) is 0 Å². The molecule has 3 nitrogen and oxygen atoms in total. The molecule has 0 aliphatic carbocycles. The van der Waals surface area contributed by atoms with Gasteiger partial charge in [-0.1, -0.05) is 71.8 Å². The van der Waals surface area contributed by atoms with Crippen LogP contribution in [0.3, 0.4) is 0 Å². The fraction of sp³-hybridized carbons (Fsp3) is 0.240. The largest absolute Gasteiger partial charge is 0.310 e. The lowest BCUT2D eigenvalue weighted by atomic mass is 10.1. The number of benzene rings is 3. The van der Waals surface area contributed by atoms with Crippen molar-refractivity contribution in [2.24, 2.45) is 4.99 Å². The third-order valence-corrected chi connectivity index (χ3v) is 5.35. The van der Waals surface area contributed by atoms with E-state index in [0.29, 0.717) is 0 Å². The molecule has 0 unspecified atom stereocenters. The van der Waals surface area contributed by atoms with E-state index < -0.39 is 0 Å². The Bertz CT molecular complexity index is 1140. The summed E-state index contributed by atoms with van der Waals surface area (Å²) in [7, 11) is 1.89. The first-order valence-corrected chi connectivity index (χ1v) is 9.87. The van der Waals surface area contributed by atoms with E-state index in [4.69, 9.17) is 0 Å². The molecule has 142 valence electrons. The molecule has 1 aromatic heterocycles. The Hall–Kier alpha value is -3.07. The lowest BCUT2D eigenvalue weighted by Crippen LogP contribution is -2.27. The van der Waals surface area contributed by atoms with E-state index in [-0.39, 0.29) is 0 Å². The van der Waals surface area contributed by atoms with Crippen molar-refractivity contribution >= 4 is 11.0 Å². The van der Waals surface area contributed by atoms with E-state index in [1.807, 2.05) is 7.05 Å². The van der Waals surface area contributed by atoms with Crippen LogP contribution in [-0.4, -0.2) is 16.2 Å². The summed E-state index contributed by atoms with van der Waals surface area (Å²) in [6.07, 6.45) is 0.992. The normalized spacial score (nSPS) is 12.0. The average molecular weight is 370 g/mol. The molecular weight excluding hydrogens is 342 g/mol. The van der Waals surface area contributed by atoms with Gasteiger partial charge in [0.15, 0.2) is 0 Å². The Labute approximate surface area is 166 Å². The highest BCUT2D eigenvalue weighted by Gasteiger charge is 2.11. The molecule has 4 aromatic rings. The number of rotatable bonds is 5. The third kappa shape index (κ3) is 3.65. The molecule has 0 saturated heterocycles. The van der Waals surface area contributed by atoms with Crippen LogP contribution in [0.4, 0.5) is 0 Å². The molecule has 0 aliphatic rings. The highest BCUT2D eigenvalue weighted by atomic mass is 15.2. The van der Waals surface area contributed by atoms with Crippen molar-refractivity contribution in [3.8, 4) is 0 Å². The van der Waals surface area contributed by atoms with Crippen LogP contribution in [0.25, 0.3) is 11.0 Å². The minimum atomic E-state index is 0.824. The zero-order valence-corrected chi connectivity index (χ0v) is 16.9. The molecule has 0 spiro atoms. The van der Waals surface area contributed by atoms with Gasteiger partial charge in [-0.25, -0.2) is 0 Å². The molecule has 0 radical (unpaired) electrons. The minimum Gasteiger partial charge on any atom is -0.310 e. The SMILES string of the molecule is C/N=c1\n(CCc2ccc(C)cc2)c2ccccc2n1Cc1ccc(C)cc1. The van der Waals surface area contributed by atoms with Gasteiger partial charge < -0.3 is 9.13 Å². The molecule has 0 atom stereocenters. The van der Waals surface area contributed by atoms with Crippen molar-refractivity contribution in [2.75, 3.05) is 7.05 Å². The zero-order valence-electron chi connectivity index (χ0n) is 16.9. The molecule has 0 saturated carbocycles. The van der Waals surface area contributed by atoms with E-state index in [1.54, 1.807) is 0 Å². The Morgan fingerprint density at radius 3 is 1.79 bits per heavy atom.